The Labute approximate surface area is 209 Å². The highest BCUT2D eigenvalue weighted by Gasteiger charge is 2.36. The van der Waals surface area contributed by atoms with E-state index in [2.05, 4.69) is 62.8 Å². The third-order valence-corrected chi connectivity index (χ3v) is 7.26. The van der Waals surface area contributed by atoms with Crippen LogP contribution in [0.3, 0.4) is 0 Å². The van der Waals surface area contributed by atoms with Crippen LogP contribution in [0, 0.1) is 0 Å². The van der Waals surface area contributed by atoms with Gasteiger partial charge < -0.3 is 19.4 Å². The SMILES string of the molecule is CN(C)CCN(C)C[C@H]1CN(C2CCN(c3ncccn3)CC2)[C@@H](Cc2ccc(Cl)cc2)CO1. The van der Waals surface area contributed by atoms with E-state index in [1.807, 2.05) is 30.6 Å². The summed E-state index contributed by atoms with van der Waals surface area (Å²) in [6.07, 6.45) is 7.13. The van der Waals surface area contributed by atoms with Crippen molar-refractivity contribution in [3.8, 4) is 0 Å². The molecule has 2 aliphatic rings. The summed E-state index contributed by atoms with van der Waals surface area (Å²) >= 11 is 6.12. The topological polar surface area (TPSA) is 48.0 Å². The van der Waals surface area contributed by atoms with Gasteiger partial charge >= 0.3 is 0 Å². The fourth-order valence-corrected chi connectivity index (χ4v) is 5.19. The van der Waals surface area contributed by atoms with Gasteiger partial charge in [-0.05, 0) is 64.2 Å². The number of hydrogen-bond acceptors (Lipinski definition) is 7. The lowest BCUT2D eigenvalue weighted by Crippen LogP contribution is -2.58. The quantitative estimate of drug-likeness (QED) is 0.540. The predicted molar refractivity (Wildman–Crippen MR) is 139 cm³/mol. The van der Waals surface area contributed by atoms with E-state index in [1.54, 1.807) is 0 Å². The minimum atomic E-state index is 0.240. The average Bonchev–Trinajstić information content (AvgIpc) is 2.86. The molecule has 1 aromatic carbocycles. The molecule has 2 aromatic rings. The fraction of sp³-hybridized carbons (Fsp3) is 0.615. The zero-order chi connectivity index (χ0) is 23.9. The van der Waals surface area contributed by atoms with Crippen LogP contribution in [0.5, 0.6) is 0 Å². The summed E-state index contributed by atoms with van der Waals surface area (Å²) in [5, 5.41) is 0.789. The molecule has 3 heterocycles. The Morgan fingerprint density at radius 1 is 1.03 bits per heavy atom. The van der Waals surface area contributed by atoms with Crippen molar-refractivity contribution in [2.75, 3.05) is 71.9 Å². The van der Waals surface area contributed by atoms with Gasteiger partial charge in [0, 0.05) is 68.8 Å². The summed E-state index contributed by atoms with van der Waals surface area (Å²) in [5.74, 6) is 0.848. The number of piperidine rings is 1. The van der Waals surface area contributed by atoms with Gasteiger partial charge in [0.15, 0.2) is 0 Å². The maximum Gasteiger partial charge on any atom is 0.225 e. The minimum absolute atomic E-state index is 0.240. The molecule has 0 radical (unpaired) electrons. The van der Waals surface area contributed by atoms with Crippen LogP contribution in [-0.4, -0.2) is 110 Å². The summed E-state index contributed by atoms with van der Waals surface area (Å²) in [6, 6.07) is 11.1. The van der Waals surface area contributed by atoms with E-state index >= 15 is 0 Å². The lowest BCUT2D eigenvalue weighted by atomic mass is 9.96. The zero-order valence-electron chi connectivity index (χ0n) is 20.8. The van der Waals surface area contributed by atoms with E-state index in [-0.39, 0.29) is 6.10 Å². The maximum atomic E-state index is 6.42. The normalized spacial score (nSPS) is 22.6. The second-order valence-electron chi connectivity index (χ2n) is 9.97. The lowest BCUT2D eigenvalue weighted by Gasteiger charge is -2.47. The highest BCUT2D eigenvalue weighted by atomic mass is 35.5. The molecule has 2 saturated heterocycles. The first kappa shape index (κ1) is 25.3. The number of benzene rings is 1. The van der Waals surface area contributed by atoms with E-state index in [1.165, 1.54) is 5.56 Å². The first-order valence-electron chi connectivity index (χ1n) is 12.4. The number of anilines is 1. The summed E-state index contributed by atoms with van der Waals surface area (Å²) in [6.45, 7) is 6.82. The Morgan fingerprint density at radius 2 is 1.74 bits per heavy atom. The van der Waals surface area contributed by atoms with Crippen LogP contribution < -0.4 is 4.90 Å². The Kier molecular flexibility index (Phi) is 9.14. The van der Waals surface area contributed by atoms with E-state index in [0.29, 0.717) is 12.1 Å². The average molecular weight is 487 g/mol. The fourth-order valence-electron chi connectivity index (χ4n) is 5.07. The Morgan fingerprint density at radius 3 is 2.41 bits per heavy atom. The first-order chi connectivity index (χ1) is 16.5. The molecule has 0 bridgehead atoms. The van der Waals surface area contributed by atoms with Crippen molar-refractivity contribution in [1.29, 1.82) is 0 Å². The first-order valence-corrected chi connectivity index (χ1v) is 12.8. The second-order valence-corrected chi connectivity index (χ2v) is 10.4. The van der Waals surface area contributed by atoms with E-state index in [4.69, 9.17) is 16.3 Å². The number of halogens is 1. The molecular formula is C26H39ClN6O. The van der Waals surface area contributed by atoms with Gasteiger partial charge in [0.05, 0.1) is 12.7 Å². The van der Waals surface area contributed by atoms with Gasteiger partial charge in [-0.3, -0.25) is 4.90 Å². The molecule has 186 valence electrons. The van der Waals surface area contributed by atoms with Gasteiger partial charge in [0.25, 0.3) is 0 Å². The predicted octanol–water partition coefficient (Wildman–Crippen LogP) is 2.90. The van der Waals surface area contributed by atoms with E-state index in [0.717, 1.165) is 76.1 Å². The molecule has 0 aliphatic carbocycles. The lowest BCUT2D eigenvalue weighted by molar-refractivity contribution is -0.0896. The van der Waals surface area contributed by atoms with Gasteiger partial charge in [0.1, 0.15) is 0 Å². The molecule has 8 heteroatoms. The molecule has 7 nitrogen and oxygen atoms in total. The standard InChI is InChI=1S/C26H39ClN6O/c1-30(2)15-16-31(3)18-25-19-33(24(20-34-25)17-21-5-7-22(27)8-6-21)23-9-13-32(14-10-23)26-28-11-4-12-29-26/h4-8,11-12,23-25H,9-10,13-20H2,1-3H3/t24-,25-/m0/s1. The highest BCUT2D eigenvalue weighted by Crippen LogP contribution is 2.26. The Hall–Kier alpha value is -1.77. The number of ether oxygens (including phenoxy) is 1. The van der Waals surface area contributed by atoms with Gasteiger partial charge in [-0.25, -0.2) is 9.97 Å². The number of morpholine rings is 1. The number of hydrogen-bond donors (Lipinski definition) is 0. The molecule has 0 unspecified atom stereocenters. The van der Waals surface area contributed by atoms with Crippen molar-refractivity contribution in [3.05, 3.63) is 53.3 Å². The maximum absolute atomic E-state index is 6.42. The van der Waals surface area contributed by atoms with Gasteiger partial charge in [0.2, 0.25) is 5.95 Å². The van der Waals surface area contributed by atoms with Crippen molar-refractivity contribution in [2.45, 2.75) is 37.5 Å². The van der Waals surface area contributed by atoms with Crippen LogP contribution in [0.1, 0.15) is 18.4 Å². The summed E-state index contributed by atoms with van der Waals surface area (Å²) in [5.41, 5.74) is 1.32. The molecular weight excluding hydrogens is 448 g/mol. The van der Waals surface area contributed by atoms with E-state index in [9.17, 15) is 0 Å². The molecule has 2 aliphatic heterocycles. The molecule has 1 aromatic heterocycles. The molecule has 0 N–H and O–H groups in total. The molecule has 4 rings (SSSR count). The third-order valence-electron chi connectivity index (χ3n) is 7.01. The summed E-state index contributed by atoms with van der Waals surface area (Å²) in [7, 11) is 6.46. The van der Waals surface area contributed by atoms with Crippen molar-refractivity contribution < 1.29 is 4.74 Å². The summed E-state index contributed by atoms with van der Waals surface area (Å²) < 4.78 is 6.42. The van der Waals surface area contributed by atoms with Crippen molar-refractivity contribution in [1.82, 2.24) is 24.7 Å². The minimum Gasteiger partial charge on any atom is -0.374 e. The zero-order valence-corrected chi connectivity index (χ0v) is 21.6. The van der Waals surface area contributed by atoms with Crippen molar-refractivity contribution in [2.24, 2.45) is 0 Å². The van der Waals surface area contributed by atoms with Gasteiger partial charge in [-0.15, -0.1) is 0 Å². The number of aromatic nitrogens is 2. The molecule has 34 heavy (non-hydrogen) atoms. The van der Waals surface area contributed by atoms with Crippen molar-refractivity contribution in [3.63, 3.8) is 0 Å². The van der Waals surface area contributed by atoms with Crippen LogP contribution in [0.4, 0.5) is 5.95 Å². The summed E-state index contributed by atoms with van der Waals surface area (Å²) in [4.78, 5) is 18.6. The van der Waals surface area contributed by atoms with Gasteiger partial charge in [-0.2, -0.15) is 0 Å². The van der Waals surface area contributed by atoms with Crippen LogP contribution in [0.15, 0.2) is 42.7 Å². The van der Waals surface area contributed by atoms with Crippen LogP contribution in [0.2, 0.25) is 5.02 Å². The van der Waals surface area contributed by atoms with E-state index < -0.39 is 0 Å². The number of likely N-dealkylation sites (N-methyl/N-ethyl adjacent to an activating group) is 2. The van der Waals surface area contributed by atoms with Crippen LogP contribution in [-0.2, 0) is 11.2 Å². The Bertz CT molecular complexity index is 859. The molecule has 0 saturated carbocycles. The smallest absolute Gasteiger partial charge is 0.225 e. The Balaban J connectivity index is 1.40. The molecule has 2 fully saturated rings. The highest BCUT2D eigenvalue weighted by molar-refractivity contribution is 6.30. The number of rotatable bonds is 9. The second kappa shape index (κ2) is 12.3. The van der Waals surface area contributed by atoms with Crippen molar-refractivity contribution >= 4 is 17.5 Å². The monoisotopic (exact) mass is 486 g/mol. The third kappa shape index (κ3) is 7.12. The van der Waals surface area contributed by atoms with Crippen LogP contribution >= 0.6 is 11.6 Å². The van der Waals surface area contributed by atoms with Gasteiger partial charge in [-0.1, -0.05) is 23.7 Å². The molecule has 2 atom stereocenters. The van der Waals surface area contributed by atoms with Crippen LogP contribution in [0.25, 0.3) is 0 Å². The largest absolute Gasteiger partial charge is 0.374 e. The number of nitrogens with zero attached hydrogens (tertiary/aromatic N) is 6. The molecule has 0 spiro atoms. The molecule has 0 amide bonds.